The van der Waals surface area contributed by atoms with Crippen molar-refractivity contribution >= 4 is 15.7 Å². The summed E-state index contributed by atoms with van der Waals surface area (Å²) in [5.41, 5.74) is 0. The molecule has 0 aromatic carbocycles. The van der Waals surface area contributed by atoms with Crippen LogP contribution in [0.1, 0.15) is 51.4 Å². The lowest BCUT2D eigenvalue weighted by Gasteiger charge is -2.33. The second-order valence-electron chi connectivity index (χ2n) is 6.72. The maximum absolute atomic E-state index is 12.8. The standard InChI is InChI=1S/C15H26N2O3S/c18-15(14-6-2-4-10-21(14,19)20)17(13-7-8-13)11-12-5-1-3-9-16-12/h12-14,16H,1-11H2. The van der Waals surface area contributed by atoms with E-state index in [9.17, 15) is 13.2 Å². The van der Waals surface area contributed by atoms with Crippen molar-refractivity contribution in [3.63, 3.8) is 0 Å². The lowest BCUT2D eigenvalue weighted by Crippen LogP contribution is -2.51. The number of hydrogen-bond acceptors (Lipinski definition) is 4. The molecular formula is C15H26N2O3S. The first-order valence-corrected chi connectivity index (χ1v) is 10.0. The Labute approximate surface area is 127 Å². The van der Waals surface area contributed by atoms with Gasteiger partial charge in [0.1, 0.15) is 5.25 Å². The van der Waals surface area contributed by atoms with E-state index >= 15 is 0 Å². The Kier molecular flexibility index (Phi) is 4.54. The van der Waals surface area contributed by atoms with Gasteiger partial charge in [0.15, 0.2) is 9.84 Å². The highest BCUT2D eigenvalue weighted by Gasteiger charge is 2.42. The highest BCUT2D eigenvalue weighted by atomic mass is 32.2. The highest BCUT2D eigenvalue weighted by Crippen LogP contribution is 2.31. The van der Waals surface area contributed by atoms with Gasteiger partial charge in [0.2, 0.25) is 5.91 Å². The van der Waals surface area contributed by atoms with Gasteiger partial charge >= 0.3 is 0 Å². The topological polar surface area (TPSA) is 66.5 Å². The number of carbonyl (C=O) groups is 1. The number of piperidine rings is 1. The predicted molar refractivity (Wildman–Crippen MR) is 81.8 cm³/mol. The van der Waals surface area contributed by atoms with E-state index in [1.165, 1.54) is 12.8 Å². The molecule has 1 amide bonds. The van der Waals surface area contributed by atoms with Crippen LogP contribution in [0.5, 0.6) is 0 Å². The molecule has 21 heavy (non-hydrogen) atoms. The summed E-state index contributed by atoms with van der Waals surface area (Å²) in [7, 11) is -3.23. The van der Waals surface area contributed by atoms with E-state index in [1.807, 2.05) is 4.90 Å². The van der Waals surface area contributed by atoms with E-state index in [2.05, 4.69) is 5.32 Å². The third-order valence-corrected chi connectivity index (χ3v) is 7.12. The van der Waals surface area contributed by atoms with Gasteiger partial charge in [-0.25, -0.2) is 8.42 Å². The van der Waals surface area contributed by atoms with E-state index < -0.39 is 15.1 Å². The molecule has 2 unspecified atom stereocenters. The number of rotatable bonds is 4. The minimum atomic E-state index is -3.23. The largest absolute Gasteiger partial charge is 0.337 e. The molecule has 2 saturated heterocycles. The van der Waals surface area contributed by atoms with Gasteiger partial charge in [0.05, 0.1) is 5.75 Å². The van der Waals surface area contributed by atoms with Gasteiger partial charge in [-0.05, 0) is 45.1 Å². The second-order valence-corrected chi connectivity index (χ2v) is 9.02. The van der Waals surface area contributed by atoms with Crippen molar-refractivity contribution in [2.75, 3.05) is 18.8 Å². The molecule has 120 valence electrons. The monoisotopic (exact) mass is 314 g/mol. The summed E-state index contributed by atoms with van der Waals surface area (Å²) in [6, 6.07) is 0.632. The van der Waals surface area contributed by atoms with Gasteiger partial charge in [-0.2, -0.15) is 0 Å². The fourth-order valence-corrected chi connectivity index (χ4v) is 5.40. The van der Waals surface area contributed by atoms with Crippen LogP contribution in [0.2, 0.25) is 0 Å². The predicted octanol–water partition coefficient (Wildman–Crippen LogP) is 1.09. The molecule has 0 spiro atoms. The second kappa shape index (κ2) is 6.24. The Balaban J connectivity index is 1.69. The molecule has 1 N–H and O–H groups in total. The van der Waals surface area contributed by atoms with Crippen LogP contribution in [-0.2, 0) is 14.6 Å². The van der Waals surface area contributed by atoms with Crippen molar-refractivity contribution in [1.82, 2.24) is 10.2 Å². The van der Waals surface area contributed by atoms with Crippen LogP contribution in [-0.4, -0.2) is 55.4 Å². The number of carbonyl (C=O) groups excluding carboxylic acids is 1. The number of sulfone groups is 1. The number of nitrogens with zero attached hydrogens (tertiary/aromatic N) is 1. The molecule has 1 saturated carbocycles. The molecule has 3 aliphatic rings. The van der Waals surface area contributed by atoms with Crippen LogP contribution in [0.3, 0.4) is 0 Å². The van der Waals surface area contributed by atoms with E-state index in [0.717, 1.165) is 32.2 Å². The van der Waals surface area contributed by atoms with Crippen molar-refractivity contribution in [3.05, 3.63) is 0 Å². The molecule has 3 rings (SSSR count). The van der Waals surface area contributed by atoms with Crippen molar-refractivity contribution in [3.8, 4) is 0 Å². The van der Waals surface area contributed by atoms with E-state index in [1.54, 1.807) is 0 Å². The summed E-state index contributed by atoms with van der Waals surface area (Å²) in [6.45, 7) is 1.70. The smallest absolute Gasteiger partial charge is 0.241 e. The Bertz CT molecular complexity index is 481. The summed E-state index contributed by atoms with van der Waals surface area (Å²) < 4.78 is 24.4. The summed E-state index contributed by atoms with van der Waals surface area (Å²) in [5, 5.41) is 2.70. The summed E-state index contributed by atoms with van der Waals surface area (Å²) >= 11 is 0. The van der Waals surface area contributed by atoms with Gasteiger partial charge in [-0.1, -0.05) is 12.8 Å². The van der Waals surface area contributed by atoms with Crippen molar-refractivity contribution in [2.45, 2.75) is 68.7 Å². The molecule has 2 heterocycles. The van der Waals surface area contributed by atoms with Gasteiger partial charge in [0.25, 0.3) is 0 Å². The molecular weight excluding hydrogens is 288 g/mol. The third kappa shape index (κ3) is 3.59. The van der Waals surface area contributed by atoms with E-state index in [-0.39, 0.29) is 11.7 Å². The van der Waals surface area contributed by atoms with Crippen molar-refractivity contribution in [2.24, 2.45) is 0 Å². The zero-order valence-electron chi connectivity index (χ0n) is 12.6. The molecule has 1 aliphatic carbocycles. The van der Waals surface area contributed by atoms with Crippen LogP contribution in [0.25, 0.3) is 0 Å². The first-order valence-electron chi connectivity index (χ1n) is 8.33. The minimum Gasteiger partial charge on any atom is -0.337 e. The van der Waals surface area contributed by atoms with Crippen molar-refractivity contribution in [1.29, 1.82) is 0 Å². The van der Waals surface area contributed by atoms with Gasteiger partial charge in [-0.3, -0.25) is 4.79 Å². The minimum absolute atomic E-state index is 0.121. The van der Waals surface area contributed by atoms with Crippen LogP contribution >= 0.6 is 0 Å². The molecule has 2 atom stereocenters. The Morgan fingerprint density at radius 2 is 1.81 bits per heavy atom. The number of amides is 1. The average Bonchev–Trinajstić information content (AvgIpc) is 3.29. The summed E-state index contributed by atoms with van der Waals surface area (Å²) in [4.78, 5) is 14.7. The first-order chi connectivity index (χ1) is 10.1. The maximum atomic E-state index is 12.8. The normalized spacial score (nSPS) is 32.6. The van der Waals surface area contributed by atoms with Crippen LogP contribution in [0.4, 0.5) is 0 Å². The molecule has 2 aliphatic heterocycles. The molecule has 3 fully saturated rings. The zero-order valence-corrected chi connectivity index (χ0v) is 13.4. The Hall–Kier alpha value is -0.620. The first kappa shape index (κ1) is 15.3. The lowest BCUT2D eigenvalue weighted by molar-refractivity contribution is -0.132. The molecule has 0 radical (unpaired) electrons. The highest BCUT2D eigenvalue weighted by molar-refractivity contribution is 7.92. The van der Waals surface area contributed by atoms with E-state index in [4.69, 9.17) is 0 Å². The van der Waals surface area contributed by atoms with Gasteiger partial charge in [-0.15, -0.1) is 0 Å². The van der Waals surface area contributed by atoms with Gasteiger partial charge < -0.3 is 10.2 Å². The van der Waals surface area contributed by atoms with E-state index in [0.29, 0.717) is 31.5 Å². The molecule has 0 bridgehead atoms. The number of nitrogens with one attached hydrogen (secondary N) is 1. The fourth-order valence-electron chi connectivity index (χ4n) is 3.54. The quantitative estimate of drug-likeness (QED) is 0.843. The summed E-state index contributed by atoms with van der Waals surface area (Å²) in [6.07, 6.45) is 7.64. The third-order valence-electron chi connectivity index (χ3n) is 4.95. The number of hydrogen-bond donors (Lipinski definition) is 1. The lowest BCUT2D eigenvalue weighted by atomic mass is 10.0. The Morgan fingerprint density at radius 3 is 2.43 bits per heavy atom. The molecule has 0 aromatic rings. The maximum Gasteiger partial charge on any atom is 0.241 e. The molecule has 5 nitrogen and oxygen atoms in total. The van der Waals surface area contributed by atoms with Crippen molar-refractivity contribution < 1.29 is 13.2 Å². The SMILES string of the molecule is O=C(C1CCCCS1(=O)=O)N(CC1CCCCN1)C1CC1. The zero-order chi connectivity index (χ0) is 14.9. The fraction of sp³-hybridized carbons (Fsp3) is 0.933. The van der Waals surface area contributed by atoms with Crippen LogP contribution in [0, 0.1) is 0 Å². The summed E-state index contributed by atoms with van der Waals surface area (Å²) in [5.74, 6) is 0.0634. The van der Waals surface area contributed by atoms with Crippen LogP contribution in [0.15, 0.2) is 0 Å². The Morgan fingerprint density at radius 1 is 1.05 bits per heavy atom. The van der Waals surface area contributed by atoms with Gasteiger partial charge in [0, 0.05) is 18.6 Å². The average molecular weight is 314 g/mol. The molecule has 6 heteroatoms. The van der Waals surface area contributed by atoms with Crippen LogP contribution < -0.4 is 5.32 Å². The molecule has 0 aromatic heterocycles.